The van der Waals surface area contributed by atoms with Gasteiger partial charge in [0.2, 0.25) is 0 Å². The van der Waals surface area contributed by atoms with E-state index in [1.165, 1.54) is 25.9 Å². The van der Waals surface area contributed by atoms with Crippen molar-refractivity contribution in [3.63, 3.8) is 0 Å². The van der Waals surface area contributed by atoms with Gasteiger partial charge in [0.05, 0.1) is 0 Å². The van der Waals surface area contributed by atoms with Crippen molar-refractivity contribution in [3.8, 4) is 0 Å². The Morgan fingerprint density at radius 3 is 2.95 bits per heavy atom. The zero-order chi connectivity index (χ0) is 14.7. The van der Waals surface area contributed by atoms with Gasteiger partial charge in [-0.1, -0.05) is 25.1 Å². The average molecular weight is 291 g/mol. The van der Waals surface area contributed by atoms with E-state index in [1.54, 1.807) is 12.1 Å². The molecule has 2 aliphatic rings. The molecule has 0 amide bonds. The van der Waals surface area contributed by atoms with E-state index in [-0.39, 0.29) is 11.9 Å². The number of benzene rings is 1. The molecule has 1 aromatic rings. The smallest absolute Gasteiger partial charge is 0.128 e. The van der Waals surface area contributed by atoms with Crippen molar-refractivity contribution in [3.05, 3.63) is 35.6 Å². The van der Waals surface area contributed by atoms with Gasteiger partial charge in [-0.25, -0.2) is 4.39 Å². The van der Waals surface area contributed by atoms with Gasteiger partial charge in [-0.15, -0.1) is 0 Å². The van der Waals surface area contributed by atoms with Gasteiger partial charge in [-0.05, 0) is 32.0 Å². The van der Waals surface area contributed by atoms with Gasteiger partial charge in [-0.2, -0.15) is 0 Å². The molecule has 2 unspecified atom stereocenters. The summed E-state index contributed by atoms with van der Waals surface area (Å²) in [6.07, 6.45) is 2.66. The number of piperazine rings is 1. The number of nitrogens with zero attached hydrogens (tertiary/aromatic N) is 2. The number of likely N-dealkylation sites (N-methyl/N-ethyl adjacent to an activating group) is 1. The predicted octanol–water partition coefficient (Wildman–Crippen LogP) is 2.26. The van der Waals surface area contributed by atoms with Crippen molar-refractivity contribution in [1.82, 2.24) is 15.1 Å². The second-order valence-electron chi connectivity index (χ2n) is 6.22. The summed E-state index contributed by atoms with van der Waals surface area (Å²) in [5, 5.41) is 3.45. The van der Waals surface area contributed by atoms with Crippen molar-refractivity contribution in [2.24, 2.45) is 0 Å². The molecule has 2 heterocycles. The summed E-state index contributed by atoms with van der Waals surface area (Å²) in [6, 6.07) is 7.98. The maximum Gasteiger partial charge on any atom is 0.128 e. The molecule has 2 saturated heterocycles. The summed E-state index contributed by atoms with van der Waals surface area (Å²) in [5.41, 5.74) is 0.799. The number of rotatable bonds is 5. The van der Waals surface area contributed by atoms with Crippen LogP contribution in [0.3, 0.4) is 0 Å². The first kappa shape index (κ1) is 14.9. The monoisotopic (exact) mass is 291 g/mol. The van der Waals surface area contributed by atoms with Gasteiger partial charge in [0.1, 0.15) is 5.82 Å². The van der Waals surface area contributed by atoms with E-state index in [9.17, 15) is 4.39 Å². The minimum atomic E-state index is -0.0945. The molecular weight excluding hydrogens is 265 g/mol. The van der Waals surface area contributed by atoms with Gasteiger partial charge < -0.3 is 5.32 Å². The predicted molar refractivity (Wildman–Crippen MR) is 83.9 cm³/mol. The lowest BCUT2D eigenvalue weighted by Crippen LogP contribution is -2.51. The molecule has 1 aromatic carbocycles. The quantitative estimate of drug-likeness (QED) is 0.898. The van der Waals surface area contributed by atoms with Crippen molar-refractivity contribution >= 4 is 0 Å². The van der Waals surface area contributed by atoms with Gasteiger partial charge in [0.25, 0.3) is 0 Å². The highest BCUT2D eigenvalue weighted by molar-refractivity contribution is 5.21. The number of fused-ring (bicyclic) bond motifs is 1. The van der Waals surface area contributed by atoms with Gasteiger partial charge in [0, 0.05) is 43.8 Å². The molecule has 2 aliphatic heterocycles. The van der Waals surface area contributed by atoms with Crippen LogP contribution >= 0.6 is 0 Å². The topological polar surface area (TPSA) is 18.5 Å². The Morgan fingerprint density at radius 2 is 2.14 bits per heavy atom. The first-order valence-corrected chi connectivity index (χ1v) is 8.22. The zero-order valence-corrected chi connectivity index (χ0v) is 12.9. The fourth-order valence-corrected chi connectivity index (χ4v) is 3.76. The fraction of sp³-hybridized carbons (Fsp3) is 0.647. The molecule has 0 aromatic heterocycles. The zero-order valence-electron chi connectivity index (χ0n) is 12.9. The highest BCUT2D eigenvalue weighted by atomic mass is 19.1. The van der Waals surface area contributed by atoms with Crippen LogP contribution in [0.4, 0.5) is 4.39 Å². The largest absolute Gasteiger partial charge is 0.309 e. The molecule has 0 spiro atoms. The molecule has 4 heteroatoms. The fourth-order valence-electron chi connectivity index (χ4n) is 3.76. The summed E-state index contributed by atoms with van der Waals surface area (Å²) >= 11 is 0. The van der Waals surface area contributed by atoms with E-state index in [4.69, 9.17) is 0 Å². The first-order chi connectivity index (χ1) is 10.3. The Balaban J connectivity index is 1.66. The van der Waals surface area contributed by atoms with E-state index in [0.29, 0.717) is 0 Å². The van der Waals surface area contributed by atoms with Gasteiger partial charge in [0.15, 0.2) is 0 Å². The molecule has 0 bridgehead atoms. The number of halogens is 1. The van der Waals surface area contributed by atoms with Crippen LogP contribution in [-0.2, 0) is 0 Å². The van der Waals surface area contributed by atoms with Crippen LogP contribution in [0, 0.1) is 5.82 Å². The molecule has 3 nitrogen and oxygen atoms in total. The molecule has 0 aliphatic carbocycles. The van der Waals surface area contributed by atoms with E-state index >= 15 is 0 Å². The second kappa shape index (κ2) is 6.86. The van der Waals surface area contributed by atoms with Gasteiger partial charge >= 0.3 is 0 Å². The maximum atomic E-state index is 14.1. The average Bonchev–Trinajstić information content (AvgIpc) is 2.95. The Labute approximate surface area is 127 Å². The maximum absolute atomic E-state index is 14.1. The van der Waals surface area contributed by atoms with Crippen LogP contribution in [0.2, 0.25) is 0 Å². The van der Waals surface area contributed by atoms with Crippen molar-refractivity contribution in [2.75, 3.05) is 39.3 Å². The summed E-state index contributed by atoms with van der Waals surface area (Å²) < 4.78 is 14.1. The standard InChI is InChI=1S/C17H26FN3/c1-2-19-17(15-7-3-4-8-16(15)18)13-20-10-11-21-9-5-6-14(21)12-20/h3-4,7-8,14,17,19H,2,5-6,9-13H2,1H3. The Morgan fingerprint density at radius 1 is 1.29 bits per heavy atom. The Hall–Kier alpha value is -0.970. The first-order valence-electron chi connectivity index (χ1n) is 8.22. The van der Waals surface area contributed by atoms with Crippen LogP contribution < -0.4 is 5.32 Å². The highest BCUT2D eigenvalue weighted by Gasteiger charge is 2.31. The second-order valence-corrected chi connectivity index (χ2v) is 6.22. The third kappa shape index (κ3) is 3.44. The minimum Gasteiger partial charge on any atom is -0.309 e. The molecule has 0 radical (unpaired) electrons. The Kier molecular flexibility index (Phi) is 4.88. The summed E-state index contributed by atoms with van der Waals surface area (Å²) in [7, 11) is 0. The van der Waals surface area contributed by atoms with Crippen LogP contribution in [0.1, 0.15) is 31.4 Å². The van der Waals surface area contributed by atoms with Crippen LogP contribution in [0.25, 0.3) is 0 Å². The molecule has 2 atom stereocenters. The van der Waals surface area contributed by atoms with E-state index in [2.05, 4.69) is 22.0 Å². The van der Waals surface area contributed by atoms with Crippen molar-refractivity contribution in [2.45, 2.75) is 31.8 Å². The third-order valence-corrected chi connectivity index (χ3v) is 4.84. The SMILES string of the molecule is CCNC(CN1CCN2CCCC2C1)c1ccccc1F. The number of hydrogen-bond acceptors (Lipinski definition) is 3. The van der Waals surface area contributed by atoms with E-state index in [0.717, 1.165) is 37.8 Å². The lowest BCUT2D eigenvalue weighted by molar-refractivity contribution is 0.0961. The summed E-state index contributed by atoms with van der Waals surface area (Å²) in [6.45, 7) is 8.52. The molecular formula is C17H26FN3. The van der Waals surface area contributed by atoms with Crippen molar-refractivity contribution in [1.29, 1.82) is 0 Å². The normalized spacial score (nSPS) is 25.0. The third-order valence-electron chi connectivity index (χ3n) is 4.84. The minimum absolute atomic E-state index is 0.0872. The number of nitrogens with one attached hydrogen (secondary N) is 1. The molecule has 1 N–H and O–H groups in total. The molecule has 21 heavy (non-hydrogen) atoms. The van der Waals surface area contributed by atoms with E-state index in [1.807, 2.05) is 12.1 Å². The summed E-state index contributed by atoms with van der Waals surface area (Å²) in [4.78, 5) is 5.12. The lowest BCUT2D eigenvalue weighted by atomic mass is 10.0. The highest BCUT2D eigenvalue weighted by Crippen LogP contribution is 2.24. The molecule has 0 saturated carbocycles. The number of hydrogen-bond donors (Lipinski definition) is 1. The Bertz CT molecular complexity index is 465. The summed E-state index contributed by atoms with van der Waals surface area (Å²) in [5.74, 6) is -0.0945. The lowest BCUT2D eigenvalue weighted by Gasteiger charge is -2.39. The molecule has 116 valence electrons. The van der Waals surface area contributed by atoms with Crippen LogP contribution in [-0.4, -0.2) is 55.1 Å². The van der Waals surface area contributed by atoms with Crippen molar-refractivity contribution < 1.29 is 4.39 Å². The van der Waals surface area contributed by atoms with E-state index < -0.39 is 0 Å². The van der Waals surface area contributed by atoms with Gasteiger partial charge in [-0.3, -0.25) is 9.80 Å². The molecule has 2 fully saturated rings. The van der Waals surface area contributed by atoms with Crippen LogP contribution in [0.15, 0.2) is 24.3 Å². The molecule has 3 rings (SSSR count). The van der Waals surface area contributed by atoms with Crippen LogP contribution in [0.5, 0.6) is 0 Å².